The first-order valence-corrected chi connectivity index (χ1v) is 29.7. The number of carbonyl (C=O) groups is 14. The summed E-state index contributed by atoms with van der Waals surface area (Å²) in [5.41, 5.74) is 1.10. The van der Waals surface area contributed by atoms with Gasteiger partial charge >= 0.3 is 77.6 Å². The Bertz CT molecular complexity index is 2950. The highest BCUT2D eigenvalue weighted by Crippen LogP contribution is 2.40. The largest absolute Gasteiger partial charge is 0.463 e. The predicted octanol–water partition coefficient (Wildman–Crippen LogP) is -0.468. The number of ether oxygens (including phenoxy) is 21. The van der Waals surface area contributed by atoms with Crippen molar-refractivity contribution in [1.29, 1.82) is 0 Å². The number of hydrogen-bond acceptors (Lipinski definition) is 35. The summed E-state index contributed by atoms with van der Waals surface area (Å²) < 4.78 is 124. The van der Waals surface area contributed by atoms with Crippen LogP contribution in [0.1, 0.15) is 108 Å². The summed E-state index contributed by atoms with van der Waals surface area (Å²) in [6, 6.07) is 4.56. The van der Waals surface area contributed by atoms with Crippen molar-refractivity contribution in [1.82, 2.24) is 5.32 Å². The molecule has 96 heavy (non-hydrogen) atoms. The maximum atomic E-state index is 13.6. The van der Waals surface area contributed by atoms with E-state index in [-0.39, 0.29) is 13.2 Å². The molecule has 534 valence electrons. The molecule has 0 bridgehead atoms. The lowest BCUT2D eigenvalue weighted by atomic mass is 9.93. The van der Waals surface area contributed by atoms with Crippen LogP contribution in [0.25, 0.3) is 0 Å². The topological polar surface area (TPSA) is 445 Å². The number of benzene rings is 1. The van der Waals surface area contributed by atoms with E-state index in [0.717, 1.165) is 90.0 Å². The van der Waals surface area contributed by atoms with Crippen LogP contribution in [-0.4, -0.2) is 233 Å². The van der Waals surface area contributed by atoms with Crippen molar-refractivity contribution < 1.29 is 167 Å². The van der Waals surface area contributed by atoms with Crippen LogP contribution < -0.4 is 5.32 Å². The SMILES string of the molecule is CC(=O)N[C@H]1[C@H](O[C@H]2[C@@H](OC(C)=O)[C@@H](COC(C)=O)O[C@@H](O[C@H]3[C@H](OC(C)=O)[C@@H](OC(C)=O)[C@H](OCc4ccc(COC(C)=O)cc4)O[C@@H]3COC(C)=O)[C@@H]2OC(C)=O)O[C@H](COC(C)=O)[C@@H](O[C@@H]2O[C@H](COC(C)=O)[C@H](OC(C)=O)[C@H](OC(C)=O)[C@H]2OC(C)=O)[C@@H]1OC(C)=O. The van der Waals surface area contributed by atoms with Gasteiger partial charge in [0.2, 0.25) is 5.91 Å². The van der Waals surface area contributed by atoms with Gasteiger partial charge < -0.3 is 105 Å². The second kappa shape index (κ2) is 36.6. The molecule has 1 amide bonds. The number of nitrogens with one attached hydrogen (secondary N) is 1. The van der Waals surface area contributed by atoms with Gasteiger partial charge in [-0.25, -0.2) is 0 Å². The van der Waals surface area contributed by atoms with Crippen LogP contribution in [0.15, 0.2) is 24.3 Å². The van der Waals surface area contributed by atoms with Crippen LogP contribution in [0, 0.1) is 0 Å². The number of esters is 13. The molecule has 36 heteroatoms. The zero-order valence-corrected chi connectivity index (χ0v) is 54.9. The van der Waals surface area contributed by atoms with E-state index >= 15 is 0 Å². The molecule has 20 atom stereocenters. The second-order valence-corrected chi connectivity index (χ2v) is 21.9. The Balaban J connectivity index is 1.72. The predicted molar refractivity (Wildman–Crippen MR) is 305 cm³/mol. The summed E-state index contributed by atoms with van der Waals surface area (Å²) in [7, 11) is 0. The standard InChI is InChI=1S/C60H79NO35/c1-25(62)61-45-50(84-33(9)70)46(94-59-55(88-37(13)74)51(85-34(10)71)47(82-31(7)68)42(92-59)22-78-28(4)65)41(21-77-27(3)64)90-57(45)96-53-48(83-32(8)69)43(23-79-29(5)66)93-60(56(53)89-38(14)75)95-49-44(24-80-30(6)67)91-58(54(87-36(12)73)52(49)86-35(11)72)81-20-40-17-15-39(16-18-40)19-76-26(2)63/h15-18,41-60H,19-24H2,1-14H3,(H,61,62)/t41-,42-,43-,44-,45-,46-,47+,48+,49-,50-,51+,52+,53+,54-,55-,56-,57+,58-,59+,60+/m1/s1. The lowest BCUT2D eigenvalue weighted by Crippen LogP contribution is -2.71. The van der Waals surface area contributed by atoms with Gasteiger partial charge in [-0.05, 0) is 11.1 Å². The fourth-order valence-electron chi connectivity index (χ4n) is 10.4. The Morgan fingerprint density at radius 1 is 0.292 bits per heavy atom. The monoisotopic (exact) mass is 1370 g/mol. The summed E-state index contributed by atoms with van der Waals surface area (Å²) in [6.07, 6.45) is -36.4. The molecular formula is C60H79NO35. The Morgan fingerprint density at radius 2 is 0.562 bits per heavy atom. The fraction of sp³-hybridized carbons (Fsp3) is 0.667. The highest BCUT2D eigenvalue weighted by molar-refractivity contribution is 5.74. The molecule has 4 saturated heterocycles. The van der Waals surface area contributed by atoms with E-state index in [4.69, 9.17) is 99.5 Å². The van der Waals surface area contributed by atoms with Crippen molar-refractivity contribution in [2.45, 2.75) is 233 Å². The van der Waals surface area contributed by atoms with Gasteiger partial charge in [0.25, 0.3) is 0 Å². The van der Waals surface area contributed by atoms with E-state index in [2.05, 4.69) is 5.32 Å². The molecule has 0 spiro atoms. The normalized spacial score (nSPS) is 30.0. The minimum atomic E-state index is -2.19. The fourth-order valence-corrected chi connectivity index (χ4v) is 10.4. The first kappa shape index (κ1) is 78.2. The number of amides is 1. The van der Waals surface area contributed by atoms with E-state index in [1.807, 2.05) is 0 Å². The van der Waals surface area contributed by atoms with Crippen molar-refractivity contribution in [3.8, 4) is 0 Å². The molecule has 4 heterocycles. The highest BCUT2D eigenvalue weighted by atomic mass is 16.8. The van der Waals surface area contributed by atoms with Crippen LogP contribution in [0.4, 0.5) is 0 Å². The zero-order chi connectivity index (χ0) is 71.4. The van der Waals surface area contributed by atoms with Crippen molar-refractivity contribution in [3.63, 3.8) is 0 Å². The van der Waals surface area contributed by atoms with Crippen molar-refractivity contribution >= 4 is 83.5 Å². The molecule has 36 nitrogen and oxygen atoms in total. The first-order valence-electron chi connectivity index (χ1n) is 29.7. The molecule has 0 unspecified atom stereocenters. The first-order chi connectivity index (χ1) is 45.1. The van der Waals surface area contributed by atoms with E-state index in [1.54, 1.807) is 24.3 Å². The Morgan fingerprint density at radius 3 is 0.938 bits per heavy atom. The number of hydrogen-bond donors (Lipinski definition) is 1. The van der Waals surface area contributed by atoms with E-state index in [9.17, 15) is 67.1 Å². The van der Waals surface area contributed by atoms with E-state index in [1.165, 1.54) is 6.92 Å². The van der Waals surface area contributed by atoms with Crippen molar-refractivity contribution in [3.05, 3.63) is 35.4 Å². The van der Waals surface area contributed by atoms with Gasteiger partial charge in [-0.1, -0.05) is 24.3 Å². The molecular weight excluding hydrogens is 1290 g/mol. The van der Waals surface area contributed by atoms with E-state index in [0.29, 0.717) is 11.1 Å². The molecule has 1 aromatic rings. The van der Waals surface area contributed by atoms with Gasteiger partial charge in [-0.2, -0.15) is 0 Å². The summed E-state index contributed by atoms with van der Waals surface area (Å²) in [6.45, 7) is 10.2. The van der Waals surface area contributed by atoms with Crippen LogP contribution in [0.5, 0.6) is 0 Å². The molecule has 1 N–H and O–H groups in total. The van der Waals surface area contributed by atoms with Crippen molar-refractivity contribution in [2.75, 3.05) is 26.4 Å². The smallest absolute Gasteiger partial charge is 0.303 e. The van der Waals surface area contributed by atoms with Gasteiger partial charge in [0.05, 0.1) is 6.61 Å². The molecule has 5 rings (SSSR count). The summed E-state index contributed by atoms with van der Waals surface area (Å²) >= 11 is 0. The third kappa shape index (κ3) is 24.0. The molecule has 0 radical (unpaired) electrons. The van der Waals surface area contributed by atoms with Gasteiger partial charge in [0, 0.05) is 96.9 Å². The van der Waals surface area contributed by atoms with Crippen LogP contribution in [0.3, 0.4) is 0 Å². The molecule has 4 aliphatic heterocycles. The number of rotatable bonds is 28. The summed E-state index contributed by atoms with van der Waals surface area (Å²) in [5.74, 6) is -13.6. The van der Waals surface area contributed by atoms with Crippen LogP contribution >= 0.6 is 0 Å². The quantitative estimate of drug-likeness (QED) is 0.0818. The average Bonchev–Trinajstić information content (AvgIpc) is 0.770. The summed E-state index contributed by atoms with van der Waals surface area (Å²) in [4.78, 5) is 180. The number of carbonyl (C=O) groups excluding carboxylic acids is 14. The molecule has 4 fully saturated rings. The van der Waals surface area contributed by atoms with Gasteiger partial charge in [-0.15, -0.1) is 0 Å². The lowest BCUT2D eigenvalue weighted by molar-refractivity contribution is -0.382. The molecule has 4 aliphatic rings. The van der Waals surface area contributed by atoms with E-state index < -0.39 is 233 Å². The minimum absolute atomic E-state index is 0.0470. The lowest BCUT2D eigenvalue weighted by Gasteiger charge is -2.51. The average molecular weight is 1370 g/mol. The Kier molecular flexibility index (Phi) is 29.8. The summed E-state index contributed by atoms with van der Waals surface area (Å²) in [5, 5.41) is 2.54. The Labute approximate surface area is 548 Å². The van der Waals surface area contributed by atoms with Gasteiger partial charge in [0.1, 0.15) is 81.8 Å². The second-order valence-electron chi connectivity index (χ2n) is 21.9. The molecule has 0 saturated carbocycles. The van der Waals surface area contributed by atoms with Crippen LogP contribution in [-0.2, 0) is 180 Å². The minimum Gasteiger partial charge on any atom is -0.463 e. The highest BCUT2D eigenvalue weighted by Gasteiger charge is 2.61. The third-order valence-electron chi connectivity index (χ3n) is 13.8. The van der Waals surface area contributed by atoms with Gasteiger partial charge in [-0.3, -0.25) is 67.1 Å². The van der Waals surface area contributed by atoms with Crippen LogP contribution in [0.2, 0.25) is 0 Å². The van der Waals surface area contributed by atoms with Gasteiger partial charge in [0.15, 0.2) is 74.0 Å². The maximum absolute atomic E-state index is 13.6. The zero-order valence-electron chi connectivity index (χ0n) is 54.9. The Hall–Kier alpha value is -8.52. The third-order valence-corrected chi connectivity index (χ3v) is 13.8. The molecule has 1 aromatic carbocycles. The molecule has 0 aliphatic carbocycles. The molecule has 0 aromatic heterocycles. The maximum Gasteiger partial charge on any atom is 0.303 e. The van der Waals surface area contributed by atoms with Crippen molar-refractivity contribution in [2.24, 2.45) is 0 Å².